The van der Waals surface area contributed by atoms with Gasteiger partial charge in [0.2, 0.25) is 5.91 Å². The minimum absolute atomic E-state index is 0.140. The topological polar surface area (TPSA) is 49.9 Å². The number of esters is 1. The second-order valence-electron chi connectivity index (χ2n) is 6.40. The van der Waals surface area contributed by atoms with Gasteiger partial charge in [0, 0.05) is 13.1 Å². The van der Waals surface area contributed by atoms with Crippen LogP contribution in [0, 0.1) is 0 Å². The van der Waals surface area contributed by atoms with Crippen LogP contribution in [0.25, 0.3) is 0 Å². The van der Waals surface area contributed by atoms with Gasteiger partial charge in [0.1, 0.15) is 11.6 Å². The Morgan fingerprint density at radius 1 is 1.16 bits per heavy atom. The molecule has 108 valence electrons. The zero-order valence-corrected chi connectivity index (χ0v) is 12.1. The third kappa shape index (κ3) is 3.69. The summed E-state index contributed by atoms with van der Waals surface area (Å²) >= 11 is 0. The largest absolute Gasteiger partial charge is 0.459 e. The zero-order chi connectivity index (χ0) is 14.0. The quantitative estimate of drug-likeness (QED) is 0.717. The summed E-state index contributed by atoms with van der Waals surface area (Å²) in [5.74, 6) is -0.0527. The highest BCUT2D eigenvalue weighted by molar-refractivity contribution is 5.81. The van der Waals surface area contributed by atoms with E-state index in [4.69, 9.17) is 4.74 Å². The molecule has 2 rings (SSSR count). The Labute approximate surface area is 114 Å². The summed E-state index contributed by atoms with van der Waals surface area (Å²) in [7, 11) is 0. The molecule has 2 aliphatic rings. The Morgan fingerprint density at radius 3 is 2.37 bits per heavy atom. The lowest BCUT2D eigenvalue weighted by molar-refractivity contribution is -0.160. The highest BCUT2D eigenvalue weighted by Crippen LogP contribution is 2.21. The Hall–Kier alpha value is -1.10. The number of carbonyl (C=O) groups is 2. The second-order valence-corrected chi connectivity index (χ2v) is 6.40. The van der Waals surface area contributed by atoms with E-state index in [9.17, 15) is 9.59 Å². The van der Waals surface area contributed by atoms with Gasteiger partial charge in [0.05, 0.1) is 6.54 Å². The van der Waals surface area contributed by atoms with Crippen LogP contribution in [-0.2, 0) is 14.3 Å². The van der Waals surface area contributed by atoms with E-state index in [1.165, 1.54) is 0 Å². The summed E-state index contributed by atoms with van der Waals surface area (Å²) < 4.78 is 5.43. The number of carbonyl (C=O) groups excluding carboxylic acids is 2. The number of rotatable bonds is 3. The monoisotopic (exact) mass is 268 g/mol. The van der Waals surface area contributed by atoms with Crippen molar-refractivity contribution >= 4 is 11.9 Å². The minimum atomic E-state index is -0.465. The molecule has 2 saturated heterocycles. The van der Waals surface area contributed by atoms with Crippen molar-refractivity contribution in [1.82, 2.24) is 9.80 Å². The molecule has 0 spiro atoms. The van der Waals surface area contributed by atoms with Crippen molar-refractivity contribution in [2.24, 2.45) is 0 Å². The molecule has 1 amide bonds. The molecule has 5 heteroatoms. The van der Waals surface area contributed by atoms with Crippen LogP contribution in [0.3, 0.4) is 0 Å². The van der Waals surface area contributed by atoms with E-state index >= 15 is 0 Å². The van der Waals surface area contributed by atoms with Crippen molar-refractivity contribution in [3.8, 4) is 0 Å². The summed E-state index contributed by atoms with van der Waals surface area (Å²) in [6, 6.07) is -0.246. The van der Waals surface area contributed by atoms with E-state index in [1.54, 1.807) is 0 Å². The van der Waals surface area contributed by atoms with Gasteiger partial charge in [-0.3, -0.25) is 14.5 Å². The van der Waals surface area contributed by atoms with Crippen LogP contribution in [0.5, 0.6) is 0 Å². The predicted molar refractivity (Wildman–Crippen MR) is 71.6 cm³/mol. The van der Waals surface area contributed by atoms with Crippen LogP contribution >= 0.6 is 0 Å². The maximum absolute atomic E-state index is 12.1. The number of ether oxygens (including phenoxy) is 1. The predicted octanol–water partition coefficient (Wildman–Crippen LogP) is 1.02. The maximum Gasteiger partial charge on any atom is 0.323 e. The van der Waals surface area contributed by atoms with Gasteiger partial charge in [-0.15, -0.1) is 0 Å². The van der Waals surface area contributed by atoms with Crippen molar-refractivity contribution in [3.05, 3.63) is 0 Å². The summed E-state index contributed by atoms with van der Waals surface area (Å²) in [5, 5.41) is 0. The highest BCUT2D eigenvalue weighted by Gasteiger charge is 2.36. The molecule has 19 heavy (non-hydrogen) atoms. The zero-order valence-electron chi connectivity index (χ0n) is 12.1. The highest BCUT2D eigenvalue weighted by atomic mass is 16.6. The van der Waals surface area contributed by atoms with E-state index in [1.807, 2.05) is 30.6 Å². The van der Waals surface area contributed by atoms with Gasteiger partial charge in [0.15, 0.2) is 0 Å². The van der Waals surface area contributed by atoms with E-state index in [0.717, 1.165) is 38.9 Å². The van der Waals surface area contributed by atoms with Gasteiger partial charge < -0.3 is 9.64 Å². The van der Waals surface area contributed by atoms with Crippen LogP contribution in [0.1, 0.15) is 40.0 Å². The van der Waals surface area contributed by atoms with Crippen LogP contribution in [0.15, 0.2) is 0 Å². The average Bonchev–Trinajstić information content (AvgIpc) is 2.59. The van der Waals surface area contributed by atoms with E-state index in [2.05, 4.69) is 0 Å². The van der Waals surface area contributed by atoms with Crippen LogP contribution in [-0.4, -0.2) is 59.5 Å². The lowest BCUT2D eigenvalue weighted by Crippen LogP contribution is -2.49. The first kappa shape index (κ1) is 14.3. The van der Waals surface area contributed by atoms with Crippen molar-refractivity contribution in [1.29, 1.82) is 0 Å². The molecular formula is C14H24N2O3. The first-order valence-electron chi connectivity index (χ1n) is 7.11. The summed E-state index contributed by atoms with van der Waals surface area (Å²) in [6.07, 6.45) is 2.85. The second kappa shape index (κ2) is 5.49. The summed E-state index contributed by atoms with van der Waals surface area (Å²) in [6.45, 7) is 8.50. The number of nitrogens with zero attached hydrogens (tertiary/aromatic N) is 2. The molecule has 2 aliphatic heterocycles. The molecule has 0 aromatic rings. The lowest BCUT2D eigenvalue weighted by atomic mass is 10.1. The van der Waals surface area contributed by atoms with Crippen molar-refractivity contribution in [3.63, 3.8) is 0 Å². The normalized spacial score (nSPS) is 24.2. The first-order chi connectivity index (χ1) is 8.87. The molecule has 0 unspecified atom stereocenters. The minimum Gasteiger partial charge on any atom is -0.459 e. The van der Waals surface area contributed by atoms with Crippen molar-refractivity contribution in [2.75, 3.05) is 26.2 Å². The van der Waals surface area contributed by atoms with Gasteiger partial charge in [-0.2, -0.15) is 0 Å². The molecule has 2 heterocycles. The van der Waals surface area contributed by atoms with E-state index in [0.29, 0.717) is 6.54 Å². The number of hydrogen-bond donors (Lipinski definition) is 0. The number of likely N-dealkylation sites (tertiary alicyclic amines) is 2. The first-order valence-corrected chi connectivity index (χ1v) is 7.11. The van der Waals surface area contributed by atoms with Crippen LogP contribution in [0.4, 0.5) is 0 Å². The molecule has 0 N–H and O–H groups in total. The van der Waals surface area contributed by atoms with Gasteiger partial charge in [-0.25, -0.2) is 0 Å². The van der Waals surface area contributed by atoms with Gasteiger partial charge in [0.25, 0.3) is 0 Å². The molecule has 0 aromatic heterocycles. The van der Waals surface area contributed by atoms with Crippen molar-refractivity contribution in [2.45, 2.75) is 51.7 Å². The Balaban J connectivity index is 1.89. The fourth-order valence-electron chi connectivity index (χ4n) is 2.49. The average molecular weight is 268 g/mol. The Kier molecular flexibility index (Phi) is 4.13. The molecule has 0 bridgehead atoms. The fourth-order valence-corrected chi connectivity index (χ4v) is 2.49. The van der Waals surface area contributed by atoms with Gasteiger partial charge in [-0.1, -0.05) is 0 Å². The smallest absolute Gasteiger partial charge is 0.323 e. The standard InChI is InChI=1S/C14H24N2O3/c1-14(2,3)19-13(18)11-6-4-7-16(11)10-12(17)15-8-5-9-15/h11H,4-10H2,1-3H3/t11-/m1/s1. The van der Waals surface area contributed by atoms with E-state index in [-0.39, 0.29) is 17.9 Å². The van der Waals surface area contributed by atoms with Crippen LogP contribution in [0.2, 0.25) is 0 Å². The fraction of sp³-hybridized carbons (Fsp3) is 0.857. The maximum atomic E-state index is 12.1. The summed E-state index contributed by atoms with van der Waals surface area (Å²) in [4.78, 5) is 27.9. The van der Waals surface area contributed by atoms with Gasteiger partial charge >= 0.3 is 5.97 Å². The van der Waals surface area contributed by atoms with Crippen molar-refractivity contribution < 1.29 is 14.3 Å². The molecule has 1 atom stereocenters. The number of hydrogen-bond acceptors (Lipinski definition) is 4. The molecule has 0 aromatic carbocycles. The third-order valence-corrected chi connectivity index (χ3v) is 3.59. The molecule has 5 nitrogen and oxygen atoms in total. The molecule has 0 radical (unpaired) electrons. The number of amides is 1. The molecular weight excluding hydrogens is 244 g/mol. The van der Waals surface area contributed by atoms with Crippen LogP contribution < -0.4 is 0 Å². The molecule has 0 aliphatic carbocycles. The summed E-state index contributed by atoms with van der Waals surface area (Å²) in [5.41, 5.74) is -0.465. The molecule has 0 saturated carbocycles. The lowest BCUT2D eigenvalue weighted by Gasteiger charge is -2.33. The van der Waals surface area contributed by atoms with E-state index < -0.39 is 5.60 Å². The Bertz CT molecular complexity index is 358. The third-order valence-electron chi connectivity index (χ3n) is 3.59. The molecule has 2 fully saturated rings. The SMILES string of the molecule is CC(C)(C)OC(=O)[C@H]1CCCN1CC(=O)N1CCC1. The Morgan fingerprint density at radius 2 is 1.84 bits per heavy atom. The van der Waals surface area contributed by atoms with Gasteiger partial charge in [-0.05, 0) is 46.6 Å².